The van der Waals surface area contributed by atoms with Crippen molar-refractivity contribution in [1.82, 2.24) is 0 Å². The van der Waals surface area contributed by atoms with Gasteiger partial charge in [-0.25, -0.2) is 0 Å². The SMILES string of the molecule is FC(F)(F)c1cccc(/C=C/Cc2ccccc2)c1. The molecule has 2 aromatic carbocycles. The lowest BCUT2D eigenvalue weighted by Gasteiger charge is -2.06. The largest absolute Gasteiger partial charge is 0.416 e. The molecule has 0 nitrogen and oxygen atoms in total. The van der Waals surface area contributed by atoms with Crippen molar-refractivity contribution in [1.29, 1.82) is 0 Å². The van der Waals surface area contributed by atoms with Gasteiger partial charge in [0.2, 0.25) is 0 Å². The van der Waals surface area contributed by atoms with Gasteiger partial charge in [-0.05, 0) is 29.7 Å². The molecule has 0 spiro atoms. The first kappa shape index (κ1) is 13.4. The maximum absolute atomic E-state index is 12.5. The molecule has 98 valence electrons. The number of hydrogen-bond donors (Lipinski definition) is 0. The number of rotatable bonds is 3. The van der Waals surface area contributed by atoms with E-state index in [1.807, 2.05) is 36.4 Å². The monoisotopic (exact) mass is 262 g/mol. The van der Waals surface area contributed by atoms with Gasteiger partial charge >= 0.3 is 6.18 Å². The van der Waals surface area contributed by atoms with Crippen molar-refractivity contribution in [2.45, 2.75) is 12.6 Å². The zero-order valence-electron chi connectivity index (χ0n) is 10.2. The van der Waals surface area contributed by atoms with Gasteiger partial charge in [-0.2, -0.15) is 13.2 Å². The number of halogens is 3. The molecule has 0 aliphatic rings. The molecule has 0 saturated carbocycles. The number of hydrogen-bond acceptors (Lipinski definition) is 0. The van der Waals surface area contributed by atoms with Gasteiger partial charge in [-0.3, -0.25) is 0 Å². The third-order valence-corrected chi connectivity index (χ3v) is 2.72. The van der Waals surface area contributed by atoms with Gasteiger partial charge in [0.05, 0.1) is 5.56 Å². The molecule has 3 heteroatoms. The Morgan fingerprint density at radius 1 is 0.895 bits per heavy atom. The van der Waals surface area contributed by atoms with Crippen LogP contribution in [0.3, 0.4) is 0 Å². The van der Waals surface area contributed by atoms with Gasteiger partial charge < -0.3 is 0 Å². The van der Waals surface area contributed by atoms with Gasteiger partial charge in [0.1, 0.15) is 0 Å². The molecule has 0 fully saturated rings. The van der Waals surface area contributed by atoms with Crippen molar-refractivity contribution in [3.8, 4) is 0 Å². The quantitative estimate of drug-likeness (QED) is 0.733. The summed E-state index contributed by atoms with van der Waals surface area (Å²) < 4.78 is 37.6. The Hall–Kier alpha value is -2.03. The highest BCUT2D eigenvalue weighted by atomic mass is 19.4. The van der Waals surface area contributed by atoms with E-state index in [2.05, 4.69) is 0 Å². The van der Waals surface area contributed by atoms with E-state index in [1.54, 1.807) is 12.1 Å². The van der Waals surface area contributed by atoms with Crippen LogP contribution in [0.5, 0.6) is 0 Å². The normalized spacial score (nSPS) is 11.9. The minimum absolute atomic E-state index is 0.561. The molecule has 0 saturated heterocycles. The molecule has 2 rings (SSSR count). The van der Waals surface area contributed by atoms with Crippen LogP contribution in [-0.2, 0) is 12.6 Å². The second-order valence-corrected chi connectivity index (χ2v) is 4.22. The number of alkyl halides is 3. The summed E-state index contributed by atoms with van der Waals surface area (Å²) in [6.45, 7) is 0. The molecule has 0 radical (unpaired) electrons. The molecule has 0 heterocycles. The van der Waals surface area contributed by atoms with Crippen LogP contribution in [0, 0.1) is 0 Å². The van der Waals surface area contributed by atoms with E-state index in [0.717, 1.165) is 17.7 Å². The Balaban J connectivity index is 2.07. The summed E-state index contributed by atoms with van der Waals surface area (Å²) in [4.78, 5) is 0. The standard InChI is InChI=1S/C16H13F3/c17-16(18,19)15-11-5-10-14(12-15)9-4-8-13-6-2-1-3-7-13/h1-7,9-12H,8H2/b9-4+. The lowest BCUT2D eigenvalue weighted by Crippen LogP contribution is -2.04. The fourth-order valence-corrected chi connectivity index (χ4v) is 1.76. The Morgan fingerprint density at radius 2 is 1.63 bits per heavy atom. The molecule has 0 atom stereocenters. The van der Waals surface area contributed by atoms with Crippen molar-refractivity contribution in [3.05, 3.63) is 77.4 Å². The molecule has 19 heavy (non-hydrogen) atoms. The maximum atomic E-state index is 12.5. The topological polar surface area (TPSA) is 0 Å². The number of benzene rings is 2. The third kappa shape index (κ3) is 3.98. The van der Waals surface area contributed by atoms with Crippen LogP contribution >= 0.6 is 0 Å². The van der Waals surface area contributed by atoms with Crippen molar-refractivity contribution in [3.63, 3.8) is 0 Å². The van der Waals surface area contributed by atoms with Crippen molar-refractivity contribution >= 4 is 6.08 Å². The molecular formula is C16H13F3. The fraction of sp³-hybridized carbons (Fsp3) is 0.125. The minimum Gasteiger partial charge on any atom is -0.166 e. The van der Waals surface area contributed by atoms with Gasteiger partial charge in [-0.15, -0.1) is 0 Å². The van der Waals surface area contributed by atoms with Gasteiger partial charge in [0, 0.05) is 0 Å². The number of allylic oxidation sites excluding steroid dienone is 1. The lowest BCUT2D eigenvalue weighted by molar-refractivity contribution is -0.137. The van der Waals surface area contributed by atoms with Crippen LogP contribution in [0.25, 0.3) is 6.08 Å². The predicted molar refractivity (Wildman–Crippen MR) is 70.6 cm³/mol. The van der Waals surface area contributed by atoms with Crippen LogP contribution < -0.4 is 0 Å². The minimum atomic E-state index is -4.29. The summed E-state index contributed by atoms with van der Waals surface area (Å²) in [6, 6.07) is 15.1. The average Bonchev–Trinajstić information content (AvgIpc) is 2.39. The Morgan fingerprint density at radius 3 is 2.32 bits per heavy atom. The van der Waals surface area contributed by atoms with Gasteiger partial charge in [0.15, 0.2) is 0 Å². The Labute approximate surface area is 110 Å². The predicted octanol–water partition coefficient (Wildman–Crippen LogP) is 4.96. The second-order valence-electron chi connectivity index (χ2n) is 4.22. The molecule has 0 aliphatic carbocycles. The fourth-order valence-electron chi connectivity index (χ4n) is 1.76. The van der Waals surface area contributed by atoms with Crippen LogP contribution in [0.1, 0.15) is 16.7 Å². The van der Waals surface area contributed by atoms with Crippen molar-refractivity contribution in [2.24, 2.45) is 0 Å². The molecule has 0 unspecified atom stereocenters. The summed E-state index contributed by atoms with van der Waals surface area (Å²) in [6.07, 6.45) is -0.00652. The maximum Gasteiger partial charge on any atom is 0.416 e. The summed E-state index contributed by atoms with van der Waals surface area (Å²) in [5.41, 5.74) is 1.07. The van der Waals surface area contributed by atoms with Crippen molar-refractivity contribution in [2.75, 3.05) is 0 Å². The lowest BCUT2D eigenvalue weighted by atomic mass is 10.1. The van der Waals surface area contributed by atoms with Gasteiger partial charge in [0.25, 0.3) is 0 Å². The van der Waals surface area contributed by atoms with Crippen LogP contribution in [-0.4, -0.2) is 0 Å². The Bertz CT molecular complexity index is 554. The molecule has 0 aromatic heterocycles. The molecule has 0 aliphatic heterocycles. The van der Waals surface area contributed by atoms with E-state index >= 15 is 0 Å². The van der Waals surface area contributed by atoms with E-state index in [4.69, 9.17) is 0 Å². The third-order valence-electron chi connectivity index (χ3n) is 2.72. The van der Waals surface area contributed by atoms with Crippen LogP contribution in [0.2, 0.25) is 0 Å². The summed E-state index contributed by atoms with van der Waals surface area (Å²) in [7, 11) is 0. The van der Waals surface area contributed by atoms with E-state index in [1.165, 1.54) is 6.07 Å². The van der Waals surface area contributed by atoms with E-state index < -0.39 is 11.7 Å². The van der Waals surface area contributed by atoms with Crippen LogP contribution in [0.4, 0.5) is 13.2 Å². The zero-order valence-corrected chi connectivity index (χ0v) is 10.2. The summed E-state index contributed by atoms with van der Waals surface area (Å²) in [5, 5.41) is 0. The van der Waals surface area contributed by atoms with Crippen molar-refractivity contribution < 1.29 is 13.2 Å². The van der Waals surface area contributed by atoms with E-state index in [0.29, 0.717) is 12.0 Å². The first-order valence-corrected chi connectivity index (χ1v) is 5.93. The molecular weight excluding hydrogens is 249 g/mol. The molecule has 0 N–H and O–H groups in total. The zero-order chi connectivity index (χ0) is 13.7. The first-order chi connectivity index (χ1) is 9.05. The highest BCUT2D eigenvalue weighted by Gasteiger charge is 2.30. The molecule has 0 bridgehead atoms. The molecule has 0 amide bonds. The summed E-state index contributed by atoms with van der Waals surface area (Å²) in [5.74, 6) is 0. The van der Waals surface area contributed by atoms with Crippen LogP contribution in [0.15, 0.2) is 60.7 Å². The van der Waals surface area contributed by atoms with E-state index in [9.17, 15) is 13.2 Å². The Kier molecular flexibility index (Phi) is 4.05. The van der Waals surface area contributed by atoms with E-state index in [-0.39, 0.29) is 0 Å². The highest BCUT2D eigenvalue weighted by molar-refractivity contribution is 5.51. The summed E-state index contributed by atoms with van der Waals surface area (Å²) >= 11 is 0. The molecule has 2 aromatic rings. The smallest absolute Gasteiger partial charge is 0.166 e. The first-order valence-electron chi connectivity index (χ1n) is 5.93. The average molecular weight is 262 g/mol. The second kappa shape index (κ2) is 5.74. The highest BCUT2D eigenvalue weighted by Crippen LogP contribution is 2.29. The van der Waals surface area contributed by atoms with Gasteiger partial charge in [-0.1, -0.05) is 54.6 Å².